The molecule has 2 amide bonds. The third kappa shape index (κ3) is 4.76. The van der Waals surface area contributed by atoms with Gasteiger partial charge >= 0.3 is 0 Å². The molecular formula is C17H18N2O2. The van der Waals surface area contributed by atoms with E-state index in [-0.39, 0.29) is 12.3 Å². The van der Waals surface area contributed by atoms with Gasteiger partial charge in [-0.2, -0.15) is 0 Å². The van der Waals surface area contributed by atoms with E-state index in [4.69, 9.17) is 5.73 Å². The Morgan fingerprint density at radius 3 is 1.62 bits per heavy atom. The quantitative estimate of drug-likeness (QED) is 0.825. The highest BCUT2D eigenvalue weighted by Crippen LogP contribution is 2.11. The van der Waals surface area contributed by atoms with E-state index in [1.807, 2.05) is 60.7 Å². The third-order valence-corrected chi connectivity index (χ3v) is 3.11. The molecule has 2 aromatic carbocycles. The maximum atomic E-state index is 12.2. The highest BCUT2D eigenvalue weighted by molar-refractivity contribution is 5.96. The van der Waals surface area contributed by atoms with Crippen molar-refractivity contribution in [1.82, 2.24) is 4.90 Å². The molecule has 0 unspecified atom stereocenters. The smallest absolute Gasteiger partial charge is 0.232 e. The number of hydrogen-bond acceptors (Lipinski definition) is 2. The number of amides is 2. The van der Waals surface area contributed by atoms with Gasteiger partial charge in [0.2, 0.25) is 11.8 Å². The number of hydrogen-bond donors (Lipinski definition) is 1. The molecule has 2 N–H and O–H groups in total. The summed E-state index contributed by atoms with van der Waals surface area (Å²) in [6, 6.07) is 19.4. The minimum absolute atomic E-state index is 0.254. The van der Waals surface area contributed by atoms with Crippen molar-refractivity contribution in [2.75, 3.05) is 0 Å². The minimum Gasteiger partial charge on any atom is -0.369 e. The van der Waals surface area contributed by atoms with Gasteiger partial charge in [0.05, 0.1) is 0 Å². The topological polar surface area (TPSA) is 63.4 Å². The van der Waals surface area contributed by atoms with Crippen molar-refractivity contribution in [3.05, 3.63) is 71.8 Å². The second-order valence-electron chi connectivity index (χ2n) is 4.86. The molecular weight excluding hydrogens is 264 g/mol. The molecule has 0 atom stereocenters. The summed E-state index contributed by atoms with van der Waals surface area (Å²) < 4.78 is 0. The van der Waals surface area contributed by atoms with Gasteiger partial charge in [-0.05, 0) is 11.1 Å². The van der Waals surface area contributed by atoms with Crippen molar-refractivity contribution in [1.29, 1.82) is 0 Å². The van der Waals surface area contributed by atoms with Crippen LogP contribution in [-0.2, 0) is 22.7 Å². The maximum absolute atomic E-state index is 12.2. The lowest BCUT2D eigenvalue weighted by molar-refractivity contribution is -0.136. The molecule has 0 saturated heterocycles. The zero-order valence-corrected chi connectivity index (χ0v) is 11.7. The van der Waals surface area contributed by atoms with Crippen molar-refractivity contribution in [3.8, 4) is 0 Å². The van der Waals surface area contributed by atoms with Crippen LogP contribution in [0.2, 0.25) is 0 Å². The van der Waals surface area contributed by atoms with Gasteiger partial charge in [0, 0.05) is 13.1 Å². The van der Waals surface area contributed by atoms with Gasteiger partial charge in [0.15, 0.2) is 0 Å². The predicted octanol–water partition coefficient (Wildman–Crippen LogP) is 2.09. The van der Waals surface area contributed by atoms with Crippen LogP contribution in [0, 0.1) is 0 Å². The van der Waals surface area contributed by atoms with E-state index in [9.17, 15) is 9.59 Å². The van der Waals surface area contributed by atoms with E-state index >= 15 is 0 Å². The summed E-state index contributed by atoms with van der Waals surface area (Å²) in [5, 5.41) is 0. The van der Waals surface area contributed by atoms with Gasteiger partial charge in [-0.1, -0.05) is 60.7 Å². The number of nitrogens with two attached hydrogens (primary N) is 1. The standard InChI is InChI=1S/C17H18N2O2/c18-16(20)11-17(21)19(12-14-7-3-1-4-8-14)13-15-9-5-2-6-10-15/h1-10H,11-13H2,(H2,18,20). The van der Waals surface area contributed by atoms with E-state index in [0.717, 1.165) is 11.1 Å². The first-order chi connectivity index (χ1) is 10.1. The molecule has 2 aromatic rings. The summed E-state index contributed by atoms with van der Waals surface area (Å²) >= 11 is 0. The van der Waals surface area contributed by atoms with Crippen molar-refractivity contribution < 1.29 is 9.59 Å². The summed E-state index contributed by atoms with van der Waals surface area (Å²) in [6.45, 7) is 0.920. The van der Waals surface area contributed by atoms with Crippen molar-refractivity contribution in [2.24, 2.45) is 5.73 Å². The normalized spacial score (nSPS) is 10.1. The summed E-state index contributed by atoms with van der Waals surface area (Å²) in [5.41, 5.74) is 7.17. The lowest BCUT2D eigenvalue weighted by Gasteiger charge is -2.22. The molecule has 0 radical (unpaired) electrons. The van der Waals surface area contributed by atoms with Crippen LogP contribution < -0.4 is 5.73 Å². The Morgan fingerprint density at radius 1 is 0.810 bits per heavy atom. The monoisotopic (exact) mass is 282 g/mol. The van der Waals surface area contributed by atoms with Gasteiger partial charge in [-0.3, -0.25) is 9.59 Å². The van der Waals surface area contributed by atoms with Crippen LogP contribution in [0.3, 0.4) is 0 Å². The molecule has 0 aliphatic carbocycles. The van der Waals surface area contributed by atoms with Crippen LogP contribution >= 0.6 is 0 Å². The van der Waals surface area contributed by atoms with Gasteiger partial charge in [0.25, 0.3) is 0 Å². The van der Waals surface area contributed by atoms with Crippen molar-refractivity contribution >= 4 is 11.8 Å². The van der Waals surface area contributed by atoms with Gasteiger partial charge in [-0.15, -0.1) is 0 Å². The summed E-state index contributed by atoms with van der Waals surface area (Å²) in [7, 11) is 0. The van der Waals surface area contributed by atoms with Gasteiger partial charge < -0.3 is 10.6 Å². The number of carbonyl (C=O) groups is 2. The van der Waals surface area contributed by atoms with E-state index < -0.39 is 5.91 Å². The second kappa shape index (κ2) is 7.24. The molecule has 4 nitrogen and oxygen atoms in total. The number of benzene rings is 2. The number of primary amides is 1. The van der Waals surface area contributed by atoms with E-state index in [0.29, 0.717) is 13.1 Å². The van der Waals surface area contributed by atoms with Crippen LogP contribution in [0.25, 0.3) is 0 Å². The first-order valence-electron chi connectivity index (χ1n) is 6.79. The molecule has 108 valence electrons. The molecule has 21 heavy (non-hydrogen) atoms. The Kier molecular flexibility index (Phi) is 5.10. The Labute approximate surface area is 124 Å². The maximum Gasteiger partial charge on any atom is 0.232 e. The number of carbonyl (C=O) groups excluding carboxylic acids is 2. The fraction of sp³-hybridized carbons (Fsp3) is 0.176. The zero-order chi connectivity index (χ0) is 15.1. The molecule has 0 aliphatic heterocycles. The molecule has 4 heteroatoms. The Bertz CT molecular complexity index is 555. The number of rotatable bonds is 6. The largest absolute Gasteiger partial charge is 0.369 e. The molecule has 0 spiro atoms. The fourth-order valence-corrected chi connectivity index (χ4v) is 2.10. The fourth-order valence-electron chi connectivity index (χ4n) is 2.10. The Hall–Kier alpha value is -2.62. The molecule has 0 aliphatic rings. The average molecular weight is 282 g/mol. The van der Waals surface area contributed by atoms with Crippen molar-refractivity contribution in [2.45, 2.75) is 19.5 Å². The first-order valence-corrected chi connectivity index (χ1v) is 6.79. The molecule has 0 fully saturated rings. The van der Waals surface area contributed by atoms with Crippen LogP contribution in [0.15, 0.2) is 60.7 Å². The molecule has 0 bridgehead atoms. The van der Waals surface area contributed by atoms with Crippen LogP contribution in [0.1, 0.15) is 17.5 Å². The molecule has 2 rings (SSSR count). The van der Waals surface area contributed by atoms with E-state index in [2.05, 4.69) is 0 Å². The number of nitrogens with zero attached hydrogens (tertiary/aromatic N) is 1. The lowest BCUT2D eigenvalue weighted by Crippen LogP contribution is -2.33. The average Bonchev–Trinajstić information content (AvgIpc) is 2.48. The van der Waals surface area contributed by atoms with Gasteiger partial charge in [0.1, 0.15) is 6.42 Å². The van der Waals surface area contributed by atoms with Crippen LogP contribution in [0.4, 0.5) is 0 Å². The SMILES string of the molecule is NC(=O)CC(=O)N(Cc1ccccc1)Cc1ccccc1. The summed E-state index contributed by atoms with van der Waals surface area (Å²) in [4.78, 5) is 24.8. The Balaban J connectivity index is 2.13. The lowest BCUT2D eigenvalue weighted by atomic mass is 10.1. The summed E-state index contributed by atoms with van der Waals surface area (Å²) in [5.74, 6) is -0.860. The highest BCUT2D eigenvalue weighted by atomic mass is 16.2. The molecule has 0 aromatic heterocycles. The summed E-state index contributed by atoms with van der Waals surface area (Å²) in [6.07, 6.45) is -0.264. The van der Waals surface area contributed by atoms with E-state index in [1.165, 1.54) is 0 Å². The minimum atomic E-state index is -0.605. The van der Waals surface area contributed by atoms with Gasteiger partial charge in [-0.25, -0.2) is 0 Å². The van der Waals surface area contributed by atoms with E-state index in [1.54, 1.807) is 4.90 Å². The Morgan fingerprint density at radius 2 is 1.24 bits per heavy atom. The zero-order valence-electron chi connectivity index (χ0n) is 11.7. The van der Waals surface area contributed by atoms with Crippen LogP contribution in [-0.4, -0.2) is 16.7 Å². The first kappa shape index (κ1) is 14.8. The predicted molar refractivity (Wildman–Crippen MR) is 80.9 cm³/mol. The molecule has 0 heterocycles. The van der Waals surface area contributed by atoms with Crippen LogP contribution in [0.5, 0.6) is 0 Å². The molecule has 0 saturated carbocycles. The third-order valence-electron chi connectivity index (χ3n) is 3.11. The van der Waals surface area contributed by atoms with Crippen molar-refractivity contribution in [3.63, 3.8) is 0 Å². The highest BCUT2D eigenvalue weighted by Gasteiger charge is 2.16. The second-order valence-corrected chi connectivity index (χ2v) is 4.86.